The van der Waals surface area contributed by atoms with Gasteiger partial charge in [-0.3, -0.25) is 0 Å². The highest BCUT2D eigenvalue weighted by Gasteiger charge is 2.11. The summed E-state index contributed by atoms with van der Waals surface area (Å²) >= 11 is 0. The van der Waals surface area contributed by atoms with E-state index < -0.39 is 6.10 Å². The first kappa shape index (κ1) is 13.9. The Morgan fingerprint density at radius 2 is 2.12 bits per heavy atom. The average Bonchev–Trinajstić information content (AvgIpc) is 2.27. The molecule has 1 rings (SSSR count). The largest absolute Gasteiger partial charge is 0.490 e. The van der Waals surface area contributed by atoms with Crippen LogP contribution in [0.25, 0.3) is 0 Å². The summed E-state index contributed by atoms with van der Waals surface area (Å²) in [5.74, 6) is 0.124. The molecule has 0 saturated heterocycles. The van der Waals surface area contributed by atoms with E-state index in [1.807, 2.05) is 0 Å². The number of ether oxygens (including phenoxy) is 2. The van der Waals surface area contributed by atoms with Crippen LogP contribution in [0, 0.1) is 5.82 Å². The summed E-state index contributed by atoms with van der Waals surface area (Å²) in [5.41, 5.74) is 6.29. The number of nitrogens with two attached hydrogens (primary N) is 1. The van der Waals surface area contributed by atoms with Crippen molar-refractivity contribution in [3.05, 3.63) is 29.6 Å². The Labute approximate surface area is 100 Å². The maximum Gasteiger partial charge on any atom is 0.124 e. The first-order valence-corrected chi connectivity index (χ1v) is 5.39. The maximum absolute atomic E-state index is 13.0. The molecular formula is C12H18FNO3. The third-order valence-corrected chi connectivity index (χ3v) is 2.25. The van der Waals surface area contributed by atoms with E-state index in [0.717, 1.165) is 0 Å². The molecule has 0 spiro atoms. The van der Waals surface area contributed by atoms with E-state index in [-0.39, 0.29) is 25.1 Å². The summed E-state index contributed by atoms with van der Waals surface area (Å²) in [7, 11) is 1.49. The van der Waals surface area contributed by atoms with Gasteiger partial charge in [-0.2, -0.15) is 0 Å². The molecule has 0 radical (unpaired) electrons. The molecule has 1 aromatic rings. The molecule has 3 N–H and O–H groups in total. The predicted octanol–water partition coefficient (Wildman–Crippen LogP) is 1.23. The number of hydrogen-bond donors (Lipinski definition) is 2. The lowest BCUT2D eigenvalue weighted by molar-refractivity contribution is 0.0322. The van der Waals surface area contributed by atoms with Crippen LogP contribution in [0.15, 0.2) is 18.2 Å². The Morgan fingerprint density at radius 3 is 2.71 bits per heavy atom. The zero-order chi connectivity index (χ0) is 12.8. The summed E-state index contributed by atoms with van der Waals surface area (Å²) < 4.78 is 23.2. The summed E-state index contributed by atoms with van der Waals surface area (Å²) in [4.78, 5) is 0. The van der Waals surface area contributed by atoms with Crippen LogP contribution in [0.3, 0.4) is 0 Å². The highest BCUT2D eigenvalue weighted by Crippen LogP contribution is 2.24. The molecule has 0 aliphatic carbocycles. The molecule has 0 bridgehead atoms. The molecule has 0 aromatic heterocycles. The number of aliphatic hydroxyl groups is 1. The van der Waals surface area contributed by atoms with Gasteiger partial charge < -0.3 is 20.3 Å². The molecule has 4 nitrogen and oxygen atoms in total. The molecule has 0 heterocycles. The van der Waals surface area contributed by atoms with Crippen molar-refractivity contribution in [3.8, 4) is 5.75 Å². The molecule has 17 heavy (non-hydrogen) atoms. The SMILES string of the molecule is COCC(O)COc1ccc(F)cc1[C@H](C)N. The van der Waals surface area contributed by atoms with Crippen LogP contribution in [0.1, 0.15) is 18.5 Å². The standard InChI is InChI=1S/C12H18FNO3/c1-8(14)11-5-9(13)3-4-12(11)17-7-10(15)6-16-2/h3-5,8,10,15H,6-7,14H2,1-2H3/t8-,10?/m0/s1. The maximum atomic E-state index is 13.0. The molecule has 0 amide bonds. The van der Waals surface area contributed by atoms with Gasteiger partial charge in [-0.1, -0.05) is 0 Å². The fraction of sp³-hybridized carbons (Fsp3) is 0.500. The lowest BCUT2D eigenvalue weighted by atomic mass is 10.1. The van der Waals surface area contributed by atoms with Crippen LogP contribution in [0.2, 0.25) is 0 Å². The van der Waals surface area contributed by atoms with Gasteiger partial charge in [-0.25, -0.2) is 4.39 Å². The fourth-order valence-corrected chi connectivity index (χ4v) is 1.43. The Hall–Kier alpha value is -1.17. The minimum atomic E-state index is -0.717. The summed E-state index contributed by atoms with van der Waals surface area (Å²) in [6, 6.07) is 3.81. The van der Waals surface area contributed by atoms with Gasteiger partial charge in [0.2, 0.25) is 0 Å². The highest BCUT2D eigenvalue weighted by atomic mass is 19.1. The summed E-state index contributed by atoms with van der Waals surface area (Å²) in [5, 5.41) is 9.44. The Morgan fingerprint density at radius 1 is 1.41 bits per heavy atom. The highest BCUT2D eigenvalue weighted by molar-refractivity contribution is 5.36. The van der Waals surface area contributed by atoms with Gasteiger partial charge in [-0.05, 0) is 25.1 Å². The number of benzene rings is 1. The van der Waals surface area contributed by atoms with Crippen LogP contribution in [-0.2, 0) is 4.74 Å². The quantitative estimate of drug-likeness (QED) is 0.788. The van der Waals surface area contributed by atoms with E-state index >= 15 is 0 Å². The van der Waals surface area contributed by atoms with Crippen molar-refractivity contribution < 1.29 is 19.0 Å². The van der Waals surface area contributed by atoms with Gasteiger partial charge in [0.25, 0.3) is 0 Å². The van der Waals surface area contributed by atoms with Crippen LogP contribution in [-0.4, -0.2) is 31.5 Å². The van der Waals surface area contributed by atoms with Crippen LogP contribution >= 0.6 is 0 Å². The molecule has 1 unspecified atom stereocenters. The van der Waals surface area contributed by atoms with Crippen molar-refractivity contribution >= 4 is 0 Å². The second-order valence-corrected chi connectivity index (χ2v) is 3.89. The number of hydrogen-bond acceptors (Lipinski definition) is 4. The first-order valence-electron chi connectivity index (χ1n) is 5.39. The summed E-state index contributed by atoms with van der Waals surface area (Å²) in [6.07, 6.45) is -0.717. The van der Waals surface area contributed by atoms with E-state index in [0.29, 0.717) is 11.3 Å². The van der Waals surface area contributed by atoms with Crippen molar-refractivity contribution in [1.29, 1.82) is 0 Å². The number of rotatable bonds is 6. The Balaban J connectivity index is 2.70. The van der Waals surface area contributed by atoms with Crippen LogP contribution in [0.4, 0.5) is 4.39 Å². The van der Waals surface area contributed by atoms with Gasteiger partial charge >= 0.3 is 0 Å². The third-order valence-electron chi connectivity index (χ3n) is 2.25. The molecule has 1 aromatic carbocycles. The van der Waals surface area contributed by atoms with E-state index in [4.69, 9.17) is 15.2 Å². The number of methoxy groups -OCH3 is 1. The minimum absolute atomic E-state index is 0.0825. The van der Waals surface area contributed by atoms with Crippen molar-refractivity contribution in [1.82, 2.24) is 0 Å². The van der Waals surface area contributed by atoms with Crippen molar-refractivity contribution in [2.24, 2.45) is 5.73 Å². The summed E-state index contributed by atoms with van der Waals surface area (Å²) in [6.45, 7) is 2.01. The fourth-order valence-electron chi connectivity index (χ4n) is 1.43. The lowest BCUT2D eigenvalue weighted by Crippen LogP contribution is -2.23. The molecule has 2 atom stereocenters. The molecule has 5 heteroatoms. The van der Waals surface area contributed by atoms with Gasteiger partial charge in [0.05, 0.1) is 6.61 Å². The topological polar surface area (TPSA) is 64.7 Å². The lowest BCUT2D eigenvalue weighted by Gasteiger charge is -2.16. The van der Waals surface area contributed by atoms with Crippen molar-refractivity contribution in [2.45, 2.75) is 19.1 Å². The second kappa shape index (κ2) is 6.54. The number of aliphatic hydroxyl groups excluding tert-OH is 1. The molecule has 0 aliphatic rings. The van der Waals surface area contributed by atoms with E-state index in [9.17, 15) is 9.50 Å². The molecule has 0 fully saturated rings. The monoisotopic (exact) mass is 243 g/mol. The van der Waals surface area contributed by atoms with Crippen molar-refractivity contribution in [2.75, 3.05) is 20.3 Å². The molecule has 96 valence electrons. The van der Waals surface area contributed by atoms with Gasteiger partial charge in [0, 0.05) is 18.7 Å². The van der Waals surface area contributed by atoms with E-state index in [1.54, 1.807) is 6.92 Å². The normalized spacial score (nSPS) is 14.4. The van der Waals surface area contributed by atoms with Gasteiger partial charge in [-0.15, -0.1) is 0 Å². The van der Waals surface area contributed by atoms with Crippen molar-refractivity contribution in [3.63, 3.8) is 0 Å². The number of halogens is 1. The van der Waals surface area contributed by atoms with E-state index in [1.165, 1.54) is 25.3 Å². The first-order chi connectivity index (χ1) is 8.04. The second-order valence-electron chi connectivity index (χ2n) is 3.89. The van der Waals surface area contributed by atoms with E-state index in [2.05, 4.69) is 0 Å². The van der Waals surface area contributed by atoms with Crippen LogP contribution < -0.4 is 10.5 Å². The zero-order valence-corrected chi connectivity index (χ0v) is 10.0. The molecular weight excluding hydrogens is 225 g/mol. The van der Waals surface area contributed by atoms with Gasteiger partial charge in [0.1, 0.15) is 24.3 Å². The third kappa shape index (κ3) is 4.30. The molecule has 0 saturated carbocycles. The van der Waals surface area contributed by atoms with Crippen LogP contribution in [0.5, 0.6) is 5.75 Å². The Kier molecular flexibility index (Phi) is 5.34. The molecule has 0 aliphatic heterocycles. The van der Waals surface area contributed by atoms with Gasteiger partial charge in [0.15, 0.2) is 0 Å². The zero-order valence-electron chi connectivity index (χ0n) is 10.0. The Bertz CT molecular complexity index is 358. The smallest absolute Gasteiger partial charge is 0.124 e. The predicted molar refractivity (Wildman–Crippen MR) is 62.4 cm³/mol. The minimum Gasteiger partial charge on any atom is -0.490 e. The average molecular weight is 243 g/mol.